The number of halogens is 1. The number of carbonyl (C=O) groups excluding carboxylic acids is 1. The number of aromatic nitrogens is 4. The number of ether oxygens (including phenoxy) is 1. The summed E-state index contributed by atoms with van der Waals surface area (Å²) in [5, 5.41) is 11.9. The van der Waals surface area contributed by atoms with E-state index in [-0.39, 0.29) is 23.3 Å². The zero-order valence-corrected chi connectivity index (χ0v) is 19.3. The van der Waals surface area contributed by atoms with Crippen LogP contribution in [0.25, 0.3) is 22.3 Å². The van der Waals surface area contributed by atoms with Crippen LogP contribution < -0.4 is 21.1 Å². The van der Waals surface area contributed by atoms with Gasteiger partial charge in [0.1, 0.15) is 29.4 Å². The van der Waals surface area contributed by atoms with Crippen LogP contribution >= 0.6 is 0 Å². The summed E-state index contributed by atoms with van der Waals surface area (Å²) in [6.45, 7) is 2.14. The van der Waals surface area contributed by atoms with Crippen molar-refractivity contribution in [2.75, 3.05) is 25.9 Å². The Morgan fingerprint density at radius 1 is 1.26 bits per heavy atom. The molecule has 2 aromatic carbocycles. The molecule has 1 saturated heterocycles. The van der Waals surface area contributed by atoms with Gasteiger partial charge in [-0.3, -0.25) is 4.79 Å². The lowest BCUT2D eigenvalue weighted by atomic mass is 10.1. The number of fused-ring (bicyclic) bond motifs is 1. The Morgan fingerprint density at radius 2 is 2.09 bits per heavy atom. The molecule has 4 N–H and O–H groups in total. The average Bonchev–Trinajstić information content (AvgIpc) is 3.29. The molecule has 1 atom stereocenters. The first-order valence-electron chi connectivity index (χ1n) is 11.5. The molecule has 9 nitrogen and oxygen atoms in total. The molecular weight excluding hydrogens is 449 g/mol. The third-order valence-corrected chi connectivity index (χ3v) is 6.22. The molecule has 0 unspecified atom stereocenters. The number of hydrogen-bond donors (Lipinski definition) is 3. The number of carbonyl (C=O) groups is 1. The molecule has 1 aliphatic rings. The molecule has 0 bridgehead atoms. The van der Waals surface area contributed by atoms with Gasteiger partial charge in [-0.25, -0.2) is 19.0 Å². The van der Waals surface area contributed by atoms with E-state index in [9.17, 15) is 9.18 Å². The van der Waals surface area contributed by atoms with Crippen molar-refractivity contribution < 1.29 is 13.9 Å². The second-order valence-corrected chi connectivity index (χ2v) is 8.48. The summed E-state index contributed by atoms with van der Waals surface area (Å²) in [6.07, 6.45) is 3.56. The normalized spacial score (nSPS) is 15.8. The van der Waals surface area contributed by atoms with Crippen LogP contribution in [0.5, 0.6) is 5.75 Å². The van der Waals surface area contributed by atoms with Crippen molar-refractivity contribution in [2.24, 2.45) is 0 Å². The topological polar surface area (TPSA) is 120 Å². The quantitative estimate of drug-likeness (QED) is 0.392. The van der Waals surface area contributed by atoms with Gasteiger partial charge in [0.05, 0.1) is 24.1 Å². The minimum absolute atomic E-state index is 0.188. The molecule has 35 heavy (non-hydrogen) atoms. The lowest BCUT2D eigenvalue weighted by Gasteiger charge is -2.23. The summed E-state index contributed by atoms with van der Waals surface area (Å²) in [6, 6.07) is 11.7. The summed E-state index contributed by atoms with van der Waals surface area (Å²) in [4.78, 5) is 21.2. The van der Waals surface area contributed by atoms with Gasteiger partial charge in [-0.05, 0) is 37.1 Å². The van der Waals surface area contributed by atoms with Crippen LogP contribution in [0.2, 0.25) is 0 Å². The number of nitrogens with one attached hydrogen (secondary N) is 2. The molecule has 0 saturated carbocycles. The lowest BCUT2D eigenvalue weighted by Crippen LogP contribution is -2.32. The summed E-state index contributed by atoms with van der Waals surface area (Å²) < 4.78 is 20.5. The summed E-state index contributed by atoms with van der Waals surface area (Å²) >= 11 is 0. The Labute approximate surface area is 201 Å². The third-order valence-electron chi connectivity index (χ3n) is 6.22. The van der Waals surface area contributed by atoms with Crippen molar-refractivity contribution in [1.29, 1.82) is 0 Å². The minimum Gasteiger partial charge on any atom is -0.496 e. The first-order chi connectivity index (χ1) is 17.0. The van der Waals surface area contributed by atoms with Crippen LogP contribution in [-0.4, -0.2) is 45.9 Å². The van der Waals surface area contributed by atoms with Crippen molar-refractivity contribution in [3.63, 3.8) is 0 Å². The van der Waals surface area contributed by atoms with Gasteiger partial charge in [-0.2, -0.15) is 5.10 Å². The van der Waals surface area contributed by atoms with Gasteiger partial charge >= 0.3 is 0 Å². The van der Waals surface area contributed by atoms with Crippen molar-refractivity contribution in [1.82, 2.24) is 30.4 Å². The average molecular weight is 476 g/mol. The molecule has 2 aromatic heterocycles. The predicted molar refractivity (Wildman–Crippen MR) is 130 cm³/mol. The highest BCUT2D eigenvalue weighted by molar-refractivity contribution is 5.98. The van der Waals surface area contributed by atoms with Crippen LogP contribution in [0.1, 0.15) is 34.8 Å². The van der Waals surface area contributed by atoms with Crippen LogP contribution in [0.4, 0.5) is 10.2 Å². The number of nitrogens with two attached hydrogens (primary N) is 1. The molecule has 1 fully saturated rings. The van der Waals surface area contributed by atoms with Crippen molar-refractivity contribution in [2.45, 2.75) is 25.4 Å². The first-order valence-corrected chi connectivity index (χ1v) is 11.5. The second-order valence-electron chi connectivity index (χ2n) is 8.48. The fourth-order valence-electron chi connectivity index (χ4n) is 4.40. The molecule has 0 radical (unpaired) electrons. The van der Waals surface area contributed by atoms with Gasteiger partial charge in [-0.1, -0.05) is 24.3 Å². The highest BCUT2D eigenvalue weighted by atomic mass is 19.1. The Kier molecular flexibility index (Phi) is 6.28. The highest BCUT2D eigenvalue weighted by Gasteiger charge is 2.23. The largest absolute Gasteiger partial charge is 0.496 e. The summed E-state index contributed by atoms with van der Waals surface area (Å²) in [7, 11) is 1.40. The van der Waals surface area contributed by atoms with E-state index in [2.05, 4.69) is 20.6 Å². The van der Waals surface area contributed by atoms with Crippen LogP contribution in [0.3, 0.4) is 0 Å². The molecule has 1 aliphatic heterocycles. The number of nitrogens with zero attached hydrogens (tertiary/aromatic N) is 4. The van der Waals surface area contributed by atoms with Gasteiger partial charge in [0.15, 0.2) is 5.65 Å². The van der Waals surface area contributed by atoms with E-state index in [4.69, 9.17) is 15.6 Å². The van der Waals surface area contributed by atoms with Gasteiger partial charge < -0.3 is 21.1 Å². The Bertz CT molecular complexity index is 1360. The molecule has 1 amide bonds. The van der Waals surface area contributed by atoms with E-state index < -0.39 is 5.82 Å². The first kappa shape index (κ1) is 22.7. The highest BCUT2D eigenvalue weighted by Crippen LogP contribution is 2.33. The zero-order chi connectivity index (χ0) is 24.4. The molecule has 4 aromatic rings. The number of nitrogen functional groups attached to an aromatic ring is 1. The molecule has 0 spiro atoms. The Hall–Kier alpha value is -4.05. The van der Waals surface area contributed by atoms with Crippen LogP contribution in [0, 0.1) is 5.82 Å². The molecular formula is C25H26FN7O2. The number of piperidine rings is 1. The monoisotopic (exact) mass is 475 g/mol. The fourth-order valence-corrected chi connectivity index (χ4v) is 4.40. The Morgan fingerprint density at radius 3 is 2.83 bits per heavy atom. The Balaban J connectivity index is 1.37. The predicted octanol–water partition coefficient (Wildman–Crippen LogP) is 3.08. The smallest absolute Gasteiger partial charge is 0.255 e. The van der Waals surface area contributed by atoms with Crippen LogP contribution in [0.15, 0.2) is 48.8 Å². The molecule has 10 heteroatoms. The number of rotatable bonds is 6. The third kappa shape index (κ3) is 4.52. The van der Waals surface area contributed by atoms with E-state index in [0.29, 0.717) is 12.4 Å². The number of anilines is 1. The number of benzene rings is 2. The maximum absolute atomic E-state index is 13.4. The van der Waals surface area contributed by atoms with Gasteiger partial charge in [0, 0.05) is 24.7 Å². The lowest BCUT2D eigenvalue weighted by molar-refractivity contribution is 0.0948. The molecule has 0 aliphatic carbocycles. The van der Waals surface area contributed by atoms with E-state index >= 15 is 0 Å². The second kappa shape index (κ2) is 9.67. The van der Waals surface area contributed by atoms with E-state index in [0.717, 1.165) is 53.8 Å². The SMILES string of the molecule is COc1cc(F)ccc1C(=O)NCc1ccc(-c2nn([C@@H]3CCCNC3)c3ncnc(N)c23)cc1. The minimum atomic E-state index is -0.463. The maximum Gasteiger partial charge on any atom is 0.255 e. The number of methoxy groups -OCH3 is 1. The van der Waals surface area contributed by atoms with Gasteiger partial charge in [0.25, 0.3) is 5.91 Å². The zero-order valence-electron chi connectivity index (χ0n) is 19.3. The maximum atomic E-state index is 13.4. The van der Waals surface area contributed by atoms with Crippen molar-refractivity contribution in [3.8, 4) is 17.0 Å². The van der Waals surface area contributed by atoms with Crippen molar-refractivity contribution in [3.05, 3.63) is 65.7 Å². The molecule has 3 heterocycles. The van der Waals surface area contributed by atoms with Gasteiger partial charge in [0.2, 0.25) is 0 Å². The van der Waals surface area contributed by atoms with Gasteiger partial charge in [-0.15, -0.1) is 0 Å². The van der Waals surface area contributed by atoms with E-state index in [1.54, 1.807) is 0 Å². The van der Waals surface area contributed by atoms with Crippen molar-refractivity contribution >= 4 is 22.8 Å². The van der Waals surface area contributed by atoms with E-state index in [1.165, 1.54) is 31.6 Å². The van der Waals surface area contributed by atoms with E-state index in [1.807, 2.05) is 28.9 Å². The fraction of sp³-hybridized carbons (Fsp3) is 0.280. The summed E-state index contributed by atoms with van der Waals surface area (Å²) in [5.41, 5.74) is 9.75. The van der Waals surface area contributed by atoms with Crippen LogP contribution in [-0.2, 0) is 6.54 Å². The molecule has 180 valence electrons. The summed E-state index contributed by atoms with van der Waals surface area (Å²) in [5.74, 6) is -0.227. The standard InChI is InChI=1S/C25H26FN7O2/c1-35-20-11-17(26)8-9-19(20)25(34)29-12-15-4-6-16(7-5-15)22-21-23(27)30-14-31-24(21)33(32-22)18-3-2-10-28-13-18/h4-9,11,14,18,28H,2-3,10,12-13H2,1H3,(H,29,34)(H2,27,30,31)/t18-/m1/s1. The number of hydrogen-bond acceptors (Lipinski definition) is 7. The number of amides is 1. The molecule has 5 rings (SSSR count).